The van der Waals surface area contributed by atoms with Crippen LogP contribution < -0.4 is 87.6 Å². The number of guanidine groups is 2. The number of nitrogens with zero attached hydrogens (tertiary/aromatic N) is 2. The number of aliphatic hydroxyl groups excluding tert-OH is 2. The summed E-state index contributed by atoms with van der Waals surface area (Å²) in [6.07, 6.45) is -0.808. The van der Waals surface area contributed by atoms with Gasteiger partial charge in [-0.3, -0.25) is 67.5 Å². The molecule has 0 bridgehead atoms. The SMILES string of the molecule is CC(C)C[C@H](NC(=O)[C@H](CCCN=C(N)N)NC(=O)[C@H](CS)NC(=O)[C@H](CCCN=C(N)N)NC(=O)CNC(=O)[C@H](CC(N)=O)NC(=O)[C@@H](N)CS)C(=O)N[C@@H](C)C(=O)N[C@@H](CO)C(=O)N[C@@H](CO)C(=O)N[C@@H](C)C(=O)O. The molecule has 0 spiro atoms. The molecule has 0 unspecified atom stereocenters. The number of carbonyl (C=O) groups is 12. The molecule has 11 amide bonds. The Balaban J connectivity index is 6.37. The minimum atomic E-state index is -1.73. The second kappa shape index (κ2) is 36.7. The Bertz CT molecular complexity index is 2120. The number of carboxylic acids is 1. The van der Waals surface area contributed by atoms with Crippen molar-refractivity contribution in [3.05, 3.63) is 0 Å². The molecule has 0 heterocycles. The molecule has 33 nitrogen and oxygen atoms in total. The summed E-state index contributed by atoms with van der Waals surface area (Å²) in [4.78, 5) is 163. The summed E-state index contributed by atoms with van der Waals surface area (Å²) in [5.41, 5.74) is 32.6. The van der Waals surface area contributed by atoms with Gasteiger partial charge in [-0.05, 0) is 51.9 Å². The Labute approximate surface area is 454 Å². The van der Waals surface area contributed by atoms with E-state index in [1.807, 2.05) is 0 Å². The molecular formula is C42H76N18O15S2. The smallest absolute Gasteiger partial charge is 0.325 e. The number of thiol groups is 2. The number of aliphatic carboxylic acids is 1. The first-order chi connectivity index (χ1) is 36.0. The molecule has 0 aliphatic rings. The van der Waals surface area contributed by atoms with E-state index in [2.05, 4.69) is 88.4 Å². The quantitative estimate of drug-likeness (QED) is 0.0119. The van der Waals surface area contributed by atoms with E-state index in [4.69, 9.17) is 39.5 Å². The minimum Gasteiger partial charge on any atom is -0.480 e. The summed E-state index contributed by atoms with van der Waals surface area (Å²) in [5.74, 6) is -13.5. The van der Waals surface area contributed by atoms with Crippen LogP contribution in [0.2, 0.25) is 0 Å². The van der Waals surface area contributed by atoms with Crippen LogP contribution in [0.25, 0.3) is 0 Å². The van der Waals surface area contributed by atoms with Crippen LogP contribution in [-0.4, -0.2) is 203 Å². The van der Waals surface area contributed by atoms with Gasteiger partial charge in [-0.15, -0.1) is 0 Å². The number of amides is 11. The van der Waals surface area contributed by atoms with E-state index in [1.165, 1.54) is 6.92 Å². The lowest BCUT2D eigenvalue weighted by molar-refractivity contribution is -0.142. The van der Waals surface area contributed by atoms with Crippen molar-refractivity contribution >= 4 is 108 Å². The number of primary amides is 1. The second-order valence-electron chi connectivity index (χ2n) is 17.5. The van der Waals surface area contributed by atoms with E-state index < -0.39 is 158 Å². The number of nitrogens with one attached hydrogen (secondary N) is 10. The summed E-state index contributed by atoms with van der Waals surface area (Å²) in [7, 11) is 0. The normalized spacial score (nSPS) is 14.7. The van der Waals surface area contributed by atoms with Gasteiger partial charge in [0.1, 0.15) is 54.4 Å². The zero-order valence-electron chi connectivity index (χ0n) is 43.0. The molecule has 0 radical (unpaired) electrons. The van der Waals surface area contributed by atoms with Gasteiger partial charge in [-0.25, -0.2) is 0 Å². The fraction of sp³-hybridized carbons (Fsp3) is 0.667. The number of aliphatic hydroxyl groups is 2. The highest BCUT2D eigenvalue weighted by Gasteiger charge is 2.34. The third-order valence-corrected chi connectivity index (χ3v) is 11.2. The van der Waals surface area contributed by atoms with Crippen molar-refractivity contribution in [1.82, 2.24) is 53.2 Å². The van der Waals surface area contributed by atoms with E-state index >= 15 is 0 Å². The lowest BCUT2D eigenvalue weighted by Gasteiger charge is -2.27. The molecule has 35 heteroatoms. The van der Waals surface area contributed by atoms with Gasteiger partial charge in [-0.1, -0.05) is 13.8 Å². The van der Waals surface area contributed by atoms with Crippen molar-refractivity contribution in [2.24, 2.45) is 50.3 Å². The van der Waals surface area contributed by atoms with Crippen LogP contribution >= 0.6 is 25.3 Å². The van der Waals surface area contributed by atoms with Gasteiger partial charge < -0.3 is 103 Å². The molecule has 0 rings (SSSR count). The van der Waals surface area contributed by atoms with Gasteiger partial charge in [-0.2, -0.15) is 25.3 Å². The highest BCUT2D eigenvalue weighted by Crippen LogP contribution is 2.09. The maximum atomic E-state index is 14.0. The topological polar surface area (TPSA) is 567 Å². The van der Waals surface area contributed by atoms with Crippen molar-refractivity contribution in [3.8, 4) is 0 Å². The van der Waals surface area contributed by atoms with E-state index in [-0.39, 0.29) is 74.5 Å². The molecule has 0 aliphatic heterocycles. The van der Waals surface area contributed by atoms with Crippen molar-refractivity contribution in [1.29, 1.82) is 0 Å². The van der Waals surface area contributed by atoms with Crippen LogP contribution in [0.15, 0.2) is 9.98 Å². The highest BCUT2D eigenvalue weighted by molar-refractivity contribution is 7.80. The Morgan fingerprint density at radius 3 is 1.34 bits per heavy atom. The third kappa shape index (κ3) is 28.5. The van der Waals surface area contributed by atoms with E-state index in [0.717, 1.165) is 6.92 Å². The lowest BCUT2D eigenvalue weighted by Crippen LogP contribution is -2.60. The first-order valence-corrected chi connectivity index (χ1v) is 25.1. The standard InChI is InChI=1S/C42H76N18O15S2/c1-18(2)11-24(36(70)52-19(3)31(65)58-27(15-62)38(72)59-26(14-61)37(71)53-20(4)40(74)75)57-35(69)23(8-6-10-50-42(47)48)55-39(73)28(17-77)60-34(68)22(7-5-9-49-41(45)46)54-30(64)13-51-33(67)25(12-29(44)63)56-32(66)21(43)16-76/h18-28,61-62,76-77H,5-17,43H2,1-4H3,(H2,44,63)(H,51,67)(H,52,70)(H,53,71)(H,54,64)(H,55,73)(H,56,66)(H,57,69)(H,58,65)(H,59,72)(H,60,68)(H,74,75)(H4,45,46,49)(H4,47,48,50)/t19-,20-,21-,22-,23-,24-,25-,26-,27-,28-/m0/s1. The Kier molecular flexibility index (Phi) is 33.2. The van der Waals surface area contributed by atoms with Gasteiger partial charge in [0, 0.05) is 24.6 Å². The molecule has 0 aromatic rings. The van der Waals surface area contributed by atoms with Gasteiger partial charge in [0.2, 0.25) is 65.0 Å². The van der Waals surface area contributed by atoms with Crippen molar-refractivity contribution < 1.29 is 72.9 Å². The van der Waals surface area contributed by atoms with Crippen LogP contribution in [0.3, 0.4) is 0 Å². The maximum absolute atomic E-state index is 14.0. The van der Waals surface area contributed by atoms with Crippen LogP contribution in [0, 0.1) is 5.92 Å². The summed E-state index contributed by atoms with van der Waals surface area (Å²) in [6.45, 7) is 2.93. The predicted molar refractivity (Wildman–Crippen MR) is 282 cm³/mol. The summed E-state index contributed by atoms with van der Waals surface area (Å²) in [6, 6.07) is -14.7. The fourth-order valence-corrected chi connectivity index (χ4v) is 6.70. The number of carboxylic acid groups (broad SMARTS) is 1. The Morgan fingerprint density at radius 1 is 0.481 bits per heavy atom. The second-order valence-corrected chi connectivity index (χ2v) is 18.3. The number of hydrogen-bond donors (Lipinski definition) is 21. The average Bonchev–Trinajstić information content (AvgIpc) is 3.35. The van der Waals surface area contributed by atoms with E-state index in [1.54, 1.807) is 13.8 Å². The van der Waals surface area contributed by atoms with Crippen LogP contribution in [0.1, 0.15) is 66.2 Å². The fourth-order valence-electron chi connectivity index (χ4n) is 6.28. The third-order valence-electron chi connectivity index (χ3n) is 10.4. The van der Waals surface area contributed by atoms with E-state index in [0.29, 0.717) is 0 Å². The summed E-state index contributed by atoms with van der Waals surface area (Å²) in [5, 5.41) is 51.7. The lowest BCUT2D eigenvalue weighted by atomic mass is 10.0. The van der Waals surface area contributed by atoms with Gasteiger partial charge in [0.15, 0.2) is 11.9 Å². The molecule has 10 atom stereocenters. The largest absolute Gasteiger partial charge is 0.480 e. The van der Waals surface area contributed by atoms with Gasteiger partial charge in [0.05, 0.1) is 32.2 Å². The number of nitrogens with two attached hydrogens (primary N) is 6. The molecule has 25 N–H and O–H groups in total. The number of rotatable bonds is 37. The number of aliphatic imine (C=N–C) groups is 2. The molecule has 77 heavy (non-hydrogen) atoms. The molecule has 0 aromatic carbocycles. The zero-order chi connectivity index (χ0) is 59.1. The Morgan fingerprint density at radius 2 is 0.883 bits per heavy atom. The van der Waals surface area contributed by atoms with Gasteiger partial charge >= 0.3 is 5.97 Å². The molecule has 0 saturated carbocycles. The maximum Gasteiger partial charge on any atom is 0.325 e. The van der Waals surface area contributed by atoms with Crippen LogP contribution in [0.4, 0.5) is 0 Å². The summed E-state index contributed by atoms with van der Waals surface area (Å²) < 4.78 is 0. The zero-order valence-corrected chi connectivity index (χ0v) is 44.8. The predicted octanol–water partition coefficient (Wildman–Crippen LogP) is -10.2. The van der Waals surface area contributed by atoms with Crippen LogP contribution in [0.5, 0.6) is 0 Å². The molecular weight excluding hydrogens is 1060 g/mol. The highest BCUT2D eigenvalue weighted by atomic mass is 32.1. The summed E-state index contributed by atoms with van der Waals surface area (Å²) >= 11 is 8.12. The molecule has 0 fully saturated rings. The van der Waals surface area contributed by atoms with Crippen LogP contribution in [-0.2, 0) is 57.5 Å². The number of hydrogen-bond acceptors (Lipinski definition) is 19. The van der Waals surface area contributed by atoms with Crippen molar-refractivity contribution in [3.63, 3.8) is 0 Å². The first kappa shape index (κ1) is 69.8. The molecule has 0 aliphatic carbocycles. The first-order valence-electron chi connectivity index (χ1n) is 23.8. The van der Waals surface area contributed by atoms with Gasteiger partial charge in [0.25, 0.3) is 0 Å². The van der Waals surface area contributed by atoms with Crippen molar-refractivity contribution in [2.75, 3.05) is 44.4 Å². The monoisotopic (exact) mass is 1140 g/mol. The molecule has 0 aromatic heterocycles. The minimum absolute atomic E-state index is 0.00612. The average molecular weight is 1140 g/mol. The van der Waals surface area contributed by atoms with Crippen molar-refractivity contribution in [2.45, 2.75) is 127 Å². The Hall–Kier alpha value is -7.24. The van der Waals surface area contributed by atoms with E-state index in [9.17, 15) is 67.7 Å². The number of carbonyl (C=O) groups excluding carboxylic acids is 11. The molecule has 436 valence electrons. The molecule has 0 saturated heterocycles.